The molecule has 1 saturated heterocycles. The molecule has 16 rings (SSSR count). The van der Waals surface area contributed by atoms with Crippen LogP contribution in [0.15, 0.2) is 106 Å². The number of dihydropyridines is 1. The molecule has 7 N–H and O–H groups in total. The number of H-pyrrole nitrogens is 1. The molecule has 18 atom stereocenters. The summed E-state index contributed by atoms with van der Waals surface area (Å²) in [5, 5.41) is 45.3. The van der Waals surface area contributed by atoms with E-state index in [-0.39, 0.29) is 119 Å². The van der Waals surface area contributed by atoms with Crippen LogP contribution >= 0.6 is 21.6 Å². The van der Waals surface area contributed by atoms with Crippen LogP contribution in [0.1, 0.15) is 135 Å². The van der Waals surface area contributed by atoms with E-state index in [1.165, 1.54) is 35.5 Å². The minimum Gasteiger partial charge on any atom is -0.427 e. The molecule has 18 unspecified atom stereocenters. The van der Waals surface area contributed by atoms with Crippen LogP contribution in [0.5, 0.6) is 0 Å². The second-order valence-corrected chi connectivity index (χ2v) is 31.4. The van der Waals surface area contributed by atoms with Gasteiger partial charge in [0.25, 0.3) is 11.8 Å². The van der Waals surface area contributed by atoms with Gasteiger partial charge in [0.15, 0.2) is 0 Å². The molecule has 4 saturated carbocycles. The van der Waals surface area contributed by atoms with Crippen LogP contribution in [-0.4, -0.2) is 104 Å². The lowest BCUT2D eigenvalue weighted by Gasteiger charge is -2.58. The molecule has 17 heteroatoms. The van der Waals surface area contributed by atoms with E-state index in [4.69, 9.17) is 9.47 Å². The van der Waals surface area contributed by atoms with Crippen molar-refractivity contribution in [2.45, 2.75) is 147 Å². The Hall–Kier alpha value is -5.09. The largest absolute Gasteiger partial charge is 0.427 e. The molecule has 6 heterocycles. The topological polar surface area (TPSA) is 215 Å². The summed E-state index contributed by atoms with van der Waals surface area (Å²) in [6.07, 6.45) is 35.8. The van der Waals surface area contributed by atoms with Crippen molar-refractivity contribution in [2.75, 3.05) is 38.7 Å². The third-order valence-electron chi connectivity index (χ3n) is 24.8. The van der Waals surface area contributed by atoms with Gasteiger partial charge in [-0.2, -0.15) is 0 Å². The lowest BCUT2D eigenvalue weighted by molar-refractivity contribution is -0.138. The number of carbonyl (C=O) groups excluding carboxylic acids is 4. The van der Waals surface area contributed by atoms with Crippen molar-refractivity contribution in [1.82, 2.24) is 30.8 Å². The monoisotopic (exact) mass is 1230 g/mol. The van der Waals surface area contributed by atoms with Crippen LogP contribution in [0.2, 0.25) is 0 Å². The van der Waals surface area contributed by atoms with Crippen LogP contribution in [0.3, 0.4) is 0 Å². The highest BCUT2D eigenvalue weighted by atomic mass is 33.1. The zero-order valence-corrected chi connectivity index (χ0v) is 52.5. The average Bonchev–Trinajstić information content (AvgIpc) is 1.37. The van der Waals surface area contributed by atoms with Gasteiger partial charge in [-0.05, 0) is 202 Å². The predicted molar refractivity (Wildman–Crippen MR) is 336 cm³/mol. The number of imide groups is 1. The van der Waals surface area contributed by atoms with Crippen molar-refractivity contribution in [2.24, 2.45) is 99.6 Å². The molecule has 10 bridgehead atoms. The fraction of sp³-hybridized carbons (Fsp3) is 0.648. The number of rotatable bonds is 13. The van der Waals surface area contributed by atoms with Gasteiger partial charge in [0.2, 0.25) is 0 Å². The van der Waals surface area contributed by atoms with Crippen LogP contribution in [0.25, 0.3) is 0 Å². The summed E-state index contributed by atoms with van der Waals surface area (Å²) >= 11 is 0. The number of amides is 2. The number of aromatic nitrogens is 2. The van der Waals surface area contributed by atoms with E-state index in [0.29, 0.717) is 61.4 Å². The van der Waals surface area contributed by atoms with E-state index in [2.05, 4.69) is 75.1 Å². The molecule has 0 aromatic carbocycles. The van der Waals surface area contributed by atoms with Crippen molar-refractivity contribution >= 4 is 45.3 Å². The highest BCUT2D eigenvalue weighted by Gasteiger charge is 2.70. The Balaban J connectivity index is 0.894. The number of fused-ring (bicyclic) bond motifs is 4. The van der Waals surface area contributed by atoms with Crippen LogP contribution in [0, 0.1) is 111 Å². The molecular formula is C71H88N6O9S2. The molecule has 10 aliphatic carbocycles. The molecule has 1 aromatic rings. The summed E-state index contributed by atoms with van der Waals surface area (Å²) in [5.41, 5.74) is 5.74. The summed E-state index contributed by atoms with van der Waals surface area (Å²) in [4.78, 5) is 68.0. The normalized spacial score (nSPS) is 39.2. The fourth-order valence-electron chi connectivity index (χ4n) is 21.1. The lowest BCUT2D eigenvalue weighted by atomic mass is 9.42. The Morgan fingerprint density at radius 2 is 1.73 bits per heavy atom. The number of hydrogen-bond donors (Lipinski definition) is 7. The van der Waals surface area contributed by atoms with Crippen LogP contribution < -0.4 is 16.0 Å². The molecule has 15 nitrogen and oxygen atoms in total. The molecule has 0 radical (unpaired) electrons. The van der Waals surface area contributed by atoms with E-state index in [1.54, 1.807) is 27.9 Å². The van der Waals surface area contributed by atoms with Crippen molar-refractivity contribution in [1.29, 1.82) is 0 Å². The Bertz CT molecular complexity index is 3290. The molecule has 5 aliphatic heterocycles. The first-order valence-corrected chi connectivity index (χ1v) is 36.2. The smallest absolute Gasteiger partial charge is 0.340 e. The first kappa shape index (κ1) is 59.2. The van der Waals surface area contributed by atoms with E-state index < -0.39 is 23.4 Å². The van der Waals surface area contributed by atoms with Crippen LogP contribution in [0.4, 0.5) is 0 Å². The van der Waals surface area contributed by atoms with Crippen LogP contribution in [-0.2, 0) is 35.1 Å². The van der Waals surface area contributed by atoms with Gasteiger partial charge in [-0.1, -0.05) is 84.3 Å². The highest BCUT2D eigenvalue weighted by molar-refractivity contribution is 8.76. The minimum atomic E-state index is -1.03. The molecule has 2 amide bonds. The SMILES string of the molecule is CCC1(C2=C3OC(=O)C4=C3C(CC2)CC2C3CCC5(C6=CCC(C7C8C=CC9C#CC(CO)CC(CO)CC(C8)CC97)C(NCC(O)C7CCCCC7Cc7cnc[nH]7)SSCNC7=CC(=CCN7)C(CN7C(=O)C=CC7=O)C3=C5C(=O)O6)C42)CCCC1. The minimum absolute atomic E-state index is 0.0118. The third kappa shape index (κ3) is 10.1. The van der Waals surface area contributed by atoms with E-state index >= 15 is 9.59 Å². The maximum atomic E-state index is 15.9. The second kappa shape index (κ2) is 24.2. The van der Waals surface area contributed by atoms with E-state index in [1.807, 2.05) is 6.20 Å². The number of hydrogen-bond acceptors (Lipinski definition) is 15. The van der Waals surface area contributed by atoms with Gasteiger partial charge in [-0.15, -0.1) is 0 Å². The van der Waals surface area contributed by atoms with Crippen molar-refractivity contribution in [3.63, 3.8) is 0 Å². The maximum Gasteiger partial charge on any atom is 0.340 e. The fourth-order valence-corrected chi connectivity index (χ4v) is 23.6. The Labute approximate surface area is 525 Å². The van der Waals surface area contributed by atoms with Crippen molar-refractivity contribution in [3.05, 3.63) is 112 Å². The lowest BCUT2D eigenvalue weighted by Crippen LogP contribution is -2.55. The van der Waals surface area contributed by atoms with Gasteiger partial charge < -0.3 is 45.7 Å². The van der Waals surface area contributed by atoms with Gasteiger partial charge in [0.1, 0.15) is 11.5 Å². The first-order chi connectivity index (χ1) is 43.0. The maximum absolute atomic E-state index is 15.9. The van der Waals surface area contributed by atoms with E-state index in [0.717, 1.165) is 136 Å². The summed E-state index contributed by atoms with van der Waals surface area (Å²) < 4.78 is 13.9. The van der Waals surface area contributed by atoms with Gasteiger partial charge in [0.05, 0.1) is 47.1 Å². The molecule has 1 aromatic heterocycles. The summed E-state index contributed by atoms with van der Waals surface area (Å²) in [6.45, 7) is 3.29. The quantitative estimate of drug-likeness (QED) is 0.0322. The number of aliphatic hydroxyl groups is 3. The average molecular weight is 1230 g/mol. The highest BCUT2D eigenvalue weighted by Crippen LogP contribution is 2.73. The van der Waals surface area contributed by atoms with Gasteiger partial charge >= 0.3 is 11.9 Å². The molecule has 15 aliphatic rings. The number of imidazole rings is 1. The number of aromatic amines is 1. The number of allylic oxidation sites excluding steroid dienone is 7. The molecule has 5 fully saturated rings. The Morgan fingerprint density at radius 3 is 2.53 bits per heavy atom. The van der Waals surface area contributed by atoms with Crippen molar-refractivity contribution < 1.29 is 44.0 Å². The standard InChI is InChI=1S/C71H88N6O9S2/c1-2-70(21-5-6-22-70)54-15-13-46-30-52-49-19-23-71(64(52)63-61(46)66(54)86-68(63)83)56-16-14-50(60-45-12-11-42-10-9-39(35-78)25-41(36-79)26-40(27-45)28-51(42)60)67(74-33-55(80)48-8-4-3-7-43(48)29-47-32-72-37-75-47)88-87-38-76-57-31-44(20-24-73-57)53(62(49)65(71)69(84)85-56)34-77-58(81)17-18-59(77)82/h11-12,16-18,20,31-32,37,39-43,45-46,48-53,55,60,64,67,73-74,76,78-80H,2-8,13-15,19,21-30,33-36,38H2,1H3,(H,72,75). The number of nitrogens with one attached hydrogen (secondary N) is 4. The predicted octanol–water partition coefficient (Wildman–Crippen LogP) is 9.63. The zero-order valence-electron chi connectivity index (χ0n) is 50.9. The van der Waals surface area contributed by atoms with Gasteiger partial charge in [-0.25, -0.2) is 14.6 Å². The molecule has 1 spiro atoms. The van der Waals surface area contributed by atoms with Crippen molar-refractivity contribution in [3.8, 4) is 11.8 Å². The number of aliphatic hydroxyl groups excluding tert-OH is 3. The zero-order chi connectivity index (χ0) is 60.0. The summed E-state index contributed by atoms with van der Waals surface area (Å²) in [5.74, 6) is 8.69. The molecule has 88 heavy (non-hydrogen) atoms. The summed E-state index contributed by atoms with van der Waals surface area (Å²) in [7, 11) is 3.55. The number of ether oxygens (including phenoxy) is 2. The number of nitrogens with zero attached hydrogens (tertiary/aromatic N) is 2. The number of carbonyl (C=O) groups is 4. The Morgan fingerprint density at radius 1 is 0.875 bits per heavy atom. The number of esters is 2. The second-order valence-electron chi connectivity index (χ2n) is 28.9. The van der Waals surface area contributed by atoms with Gasteiger partial charge in [0, 0.05) is 85.1 Å². The summed E-state index contributed by atoms with van der Waals surface area (Å²) in [6, 6.07) is 0. The molecule has 468 valence electrons. The third-order valence-corrected chi connectivity index (χ3v) is 27.3. The van der Waals surface area contributed by atoms with E-state index in [9.17, 15) is 24.9 Å². The van der Waals surface area contributed by atoms with Gasteiger partial charge in [-0.3, -0.25) is 14.5 Å². The Kier molecular flexibility index (Phi) is 16.3. The molecular weight excluding hydrogens is 1140 g/mol. The first-order valence-electron chi connectivity index (χ1n) is 33.9.